The molecule has 2 unspecified atom stereocenters. The van der Waals surface area contributed by atoms with Gasteiger partial charge in [0.15, 0.2) is 0 Å². The van der Waals surface area contributed by atoms with Crippen LogP contribution in [0.15, 0.2) is 12.2 Å². The molecule has 1 spiro atoms. The van der Waals surface area contributed by atoms with Crippen LogP contribution in [0.3, 0.4) is 0 Å². The van der Waals surface area contributed by atoms with Crippen molar-refractivity contribution in [2.24, 2.45) is 17.8 Å². The summed E-state index contributed by atoms with van der Waals surface area (Å²) < 4.78 is 6.24. The van der Waals surface area contributed by atoms with Gasteiger partial charge in [-0.1, -0.05) is 26.0 Å². The minimum Gasteiger partial charge on any atom is -0.360 e. The molecule has 0 saturated carbocycles. The van der Waals surface area contributed by atoms with Crippen LogP contribution in [0.25, 0.3) is 0 Å². The Morgan fingerprint density at radius 1 is 1.31 bits per heavy atom. The lowest BCUT2D eigenvalue weighted by atomic mass is 9.76. The second-order valence-corrected chi connectivity index (χ2v) is 8.82. The molecule has 6 nitrogen and oxygen atoms in total. The zero-order chi connectivity index (χ0) is 18.5. The third kappa shape index (κ3) is 2.87. The standard InChI is InChI=1S/C20H31N3O3/c1-14(2)6-10-23-13-20-7-5-15(26-20)16(17(20)19(23)25)18(24)22-9-4-8-21(3)11-12-22/h5,7,14-17H,4,6,8-13H2,1-3H3/t15-,16?,17?,20-/m1/s1. The van der Waals surface area contributed by atoms with E-state index in [4.69, 9.17) is 4.74 Å². The molecule has 0 aromatic heterocycles. The van der Waals surface area contributed by atoms with E-state index in [1.807, 2.05) is 15.9 Å². The molecule has 6 heteroatoms. The highest BCUT2D eigenvalue weighted by Gasteiger charge is 2.67. The molecule has 4 rings (SSSR count). The molecule has 26 heavy (non-hydrogen) atoms. The summed E-state index contributed by atoms with van der Waals surface area (Å²) in [5, 5.41) is 0. The molecule has 0 aromatic carbocycles. The van der Waals surface area contributed by atoms with Crippen LogP contribution in [0.1, 0.15) is 26.7 Å². The van der Waals surface area contributed by atoms with Crippen molar-refractivity contribution in [3.8, 4) is 0 Å². The predicted molar refractivity (Wildman–Crippen MR) is 98.5 cm³/mol. The van der Waals surface area contributed by atoms with E-state index in [2.05, 4.69) is 31.9 Å². The van der Waals surface area contributed by atoms with Gasteiger partial charge in [0.1, 0.15) is 5.60 Å². The van der Waals surface area contributed by atoms with Crippen molar-refractivity contribution in [1.82, 2.24) is 14.7 Å². The quantitative estimate of drug-likeness (QED) is 0.701. The number of hydrogen-bond acceptors (Lipinski definition) is 4. The summed E-state index contributed by atoms with van der Waals surface area (Å²) in [4.78, 5) is 32.6. The smallest absolute Gasteiger partial charge is 0.230 e. The van der Waals surface area contributed by atoms with Gasteiger partial charge in [0.2, 0.25) is 11.8 Å². The Kier molecular flexibility index (Phi) is 4.59. The maximum Gasteiger partial charge on any atom is 0.230 e. The van der Waals surface area contributed by atoms with Gasteiger partial charge in [0.05, 0.1) is 24.5 Å². The molecule has 3 saturated heterocycles. The van der Waals surface area contributed by atoms with Gasteiger partial charge >= 0.3 is 0 Å². The van der Waals surface area contributed by atoms with Crippen LogP contribution < -0.4 is 0 Å². The van der Waals surface area contributed by atoms with Crippen molar-refractivity contribution < 1.29 is 14.3 Å². The van der Waals surface area contributed by atoms with E-state index >= 15 is 0 Å². The average Bonchev–Trinajstić information content (AvgIpc) is 3.17. The molecule has 0 N–H and O–H groups in total. The van der Waals surface area contributed by atoms with Gasteiger partial charge < -0.3 is 19.4 Å². The number of fused-ring (bicyclic) bond motifs is 1. The number of hydrogen-bond donors (Lipinski definition) is 0. The first-order valence-corrected chi connectivity index (χ1v) is 10.0. The van der Waals surface area contributed by atoms with E-state index in [1.54, 1.807) is 0 Å². The Labute approximate surface area is 156 Å². The Morgan fingerprint density at radius 3 is 2.88 bits per heavy atom. The maximum absolute atomic E-state index is 13.3. The van der Waals surface area contributed by atoms with Crippen LogP contribution in [0.4, 0.5) is 0 Å². The molecule has 3 fully saturated rings. The molecular weight excluding hydrogens is 330 g/mol. The number of carbonyl (C=O) groups excluding carboxylic acids is 2. The van der Waals surface area contributed by atoms with Gasteiger partial charge in [-0.15, -0.1) is 0 Å². The van der Waals surface area contributed by atoms with E-state index < -0.39 is 5.60 Å². The number of likely N-dealkylation sites (tertiary alicyclic amines) is 1. The SMILES string of the molecule is CC(C)CCN1C[C@@]23C=C[C@@H](O2)C(C(=O)N2CCCN(C)CC2)C3C1=O. The molecule has 2 bridgehead atoms. The third-order valence-electron chi connectivity index (χ3n) is 6.47. The van der Waals surface area contributed by atoms with Crippen molar-refractivity contribution in [3.05, 3.63) is 12.2 Å². The highest BCUT2D eigenvalue weighted by Crippen LogP contribution is 2.52. The summed E-state index contributed by atoms with van der Waals surface area (Å²) in [5.74, 6) is 0.0986. The first kappa shape index (κ1) is 18.0. The summed E-state index contributed by atoms with van der Waals surface area (Å²) in [5.41, 5.74) is -0.568. The van der Waals surface area contributed by atoms with Crippen LogP contribution in [-0.2, 0) is 14.3 Å². The monoisotopic (exact) mass is 361 g/mol. The summed E-state index contributed by atoms with van der Waals surface area (Å²) in [7, 11) is 2.10. The average molecular weight is 361 g/mol. The number of carbonyl (C=O) groups is 2. The Balaban J connectivity index is 1.52. The molecule has 144 valence electrons. The maximum atomic E-state index is 13.3. The fourth-order valence-electron chi connectivity index (χ4n) is 4.94. The Hall–Kier alpha value is -1.40. The van der Waals surface area contributed by atoms with Crippen molar-refractivity contribution in [2.75, 3.05) is 46.3 Å². The Morgan fingerprint density at radius 2 is 2.12 bits per heavy atom. The van der Waals surface area contributed by atoms with E-state index in [9.17, 15) is 9.59 Å². The molecule has 0 radical (unpaired) electrons. The summed E-state index contributed by atoms with van der Waals surface area (Å²) in [6, 6.07) is 0. The van der Waals surface area contributed by atoms with E-state index in [0.29, 0.717) is 12.5 Å². The fourth-order valence-corrected chi connectivity index (χ4v) is 4.94. The Bertz CT molecular complexity index is 619. The van der Waals surface area contributed by atoms with E-state index in [0.717, 1.165) is 45.6 Å². The number of likely N-dealkylation sites (N-methyl/N-ethyl adjacent to an activating group) is 1. The molecular formula is C20H31N3O3. The zero-order valence-corrected chi connectivity index (χ0v) is 16.2. The number of nitrogens with zero attached hydrogens (tertiary/aromatic N) is 3. The lowest BCUT2D eigenvalue weighted by Crippen LogP contribution is -2.47. The van der Waals surface area contributed by atoms with Gasteiger partial charge in [0.25, 0.3) is 0 Å². The van der Waals surface area contributed by atoms with Gasteiger partial charge in [-0.2, -0.15) is 0 Å². The van der Waals surface area contributed by atoms with Gasteiger partial charge in [-0.25, -0.2) is 0 Å². The normalized spacial score (nSPS) is 36.9. The fraction of sp³-hybridized carbons (Fsp3) is 0.800. The van der Waals surface area contributed by atoms with E-state index in [-0.39, 0.29) is 29.8 Å². The molecule has 0 aliphatic carbocycles. The molecule has 0 aromatic rings. The number of ether oxygens (including phenoxy) is 1. The minimum absolute atomic E-state index is 0.112. The molecule has 2 amide bonds. The lowest BCUT2D eigenvalue weighted by molar-refractivity contribution is -0.143. The molecule has 4 aliphatic heterocycles. The molecule has 4 aliphatic rings. The van der Waals surface area contributed by atoms with Crippen molar-refractivity contribution in [1.29, 1.82) is 0 Å². The largest absolute Gasteiger partial charge is 0.360 e. The zero-order valence-electron chi connectivity index (χ0n) is 16.2. The minimum atomic E-state index is -0.568. The first-order valence-electron chi connectivity index (χ1n) is 10.0. The van der Waals surface area contributed by atoms with Gasteiger partial charge in [-0.05, 0) is 32.4 Å². The van der Waals surface area contributed by atoms with Crippen molar-refractivity contribution in [2.45, 2.75) is 38.4 Å². The van der Waals surface area contributed by atoms with Crippen LogP contribution >= 0.6 is 0 Å². The third-order valence-corrected chi connectivity index (χ3v) is 6.47. The number of amides is 2. The van der Waals surface area contributed by atoms with Crippen LogP contribution in [0.2, 0.25) is 0 Å². The second-order valence-electron chi connectivity index (χ2n) is 8.82. The van der Waals surface area contributed by atoms with Crippen LogP contribution in [-0.4, -0.2) is 84.5 Å². The molecule has 4 heterocycles. The lowest BCUT2D eigenvalue weighted by Gasteiger charge is -2.29. The number of rotatable bonds is 4. The topological polar surface area (TPSA) is 53.1 Å². The van der Waals surface area contributed by atoms with E-state index in [1.165, 1.54) is 0 Å². The summed E-state index contributed by atoms with van der Waals surface area (Å²) in [6.45, 7) is 9.13. The van der Waals surface area contributed by atoms with Gasteiger partial charge in [-0.3, -0.25) is 9.59 Å². The van der Waals surface area contributed by atoms with Crippen LogP contribution in [0.5, 0.6) is 0 Å². The van der Waals surface area contributed by atoms with Crippen molar-refractivity contribution in [3.63, 3.8) is 0 Å². The first-order chi connectivity index (χ1) is 12.4. The predicted octanol–water partition coefficient (Wildman–Crippen LogP) is 0.979. The second kappa shape index (κ2) is 6.64. The summed E-state index contributed by atoms with van der Waals surface area (Å²) in [6.07, 6.45) is 5.81. The summed E-state index contributed by atoms with van der Waals surface area (Å²) >= 11 is 0. The van der Waals surface area contributed by atoms with Gasteiger partial charge in [0, 0.05) is 26.2 Å². The highest BCUT2D eigenvalue weighted by atomic mass is 16.5. The highest BCUT2D eigenvalue weighted by molar-refractivity contribution is 5.93. The van der Waals surface area contributed by atoms with Crippen molar-refractivity contribution >= 4 is 11.8 Å². The van der Waals surface area contributed by atoms with Crippen LogP contribution in [0, 0.1) is 17.8 Å². The molecule has 4 atom stereocenters.